The first-order chi connectivity index (χ1) is 6.15. The highest BCUT2D eigenvalue weighted by Gasteiger charge is 1.97. The van der Waals surface area contributed by atoms with E-state index in [-0.39, 0.29) is 0 Å². The van der Waals surface area contributed by atoms with E-state index in [4.69, 9.17) is 5.26 Å². The molecule has 0 amide bonds. The van der Waals surface area contributed by atoms with Gasteiger partial charge in [0.25, 0.3) is 0 Å². The molecular formula is C12H13N. The van der Waals surface area contributed by atoms with E-state index in [1.807, 2.05) is 19.1 Å². The summed E-state index contributed by atoms with van der Waals surface area (Å²) in [4.78, 5) is 0. The molecule has 0 aliphatic rings. The number of nitrogens with zero attached hydrogens (tertiary/aromatic N) is 1. The second-order valence-electron chi connectivity index (χ2n) is 3.26. The van der Waals surface area contributed by atoms with Gasteiger partial charge in [-0.3, -0.25) is 0 Å². The smallest absolute Gasteiger partial charge is 0.0915 e. The fourth-order valence-corrected chi connectivity index (χ4v) is 1.17. The Morgan fingerprint density at radius 3 is 2.54 bits per heavy atom. The monoisotopic (exact) mass is 171 g/mol. The third-order valence-electron chi connectivity index (χ3n) is 2.24. The molecule has 1 heteroatoms. The molecule has 0 bridgehead atoms. The van der Waals surface area contributed by atoms with E-state index in [0.29, 0.717) is 0 Å². The number of benzene rings is 1. The van der Waals surface area contributed by atoms with Gasteiger partial charge in [-0.25, -0.2) is 0 Å². The van der Waals surface area contributed by atoms with Gasteiger partial charge < -0.3 is 0 Å². The minimum atomic E-state index is 1.02. The molecule has 0 unspecified atom stereocenters. The van der Waals surface area contributed by atoms with Gasteiger partial charge >= 0.3 is 0 Å². The Morgan fingerprint density at radius 1 is 1.31 bits per heavy atom. The lowest BCUT2D eigenvalue weighted by atomic mass is 10.0. The SMILES string of the molecule is C/C(=C\C#N)c1ccc(C)c(C)c1. The van der Waals surface area contributed by atoms with E-state index in [1.165, 1.54) is 11.1 Å². The number of hydrogen-bond donors (Lipinski definition) is 0. The molecule has 0 aromatic heterocycles. The van der Waals surface area contributed by atoms with Gasteiger partial charge in [0.15, 0.2) is 0 Å². The highest BCUT2D eigenvalue weighted by Crippen LogP contribution is 2.17. The molecule has 0 atom stereocenters. The van der Waals surface area contributed by atoms with Crippen LogP contribution in [0, 0.1) is 25.2 Å². The van der Waals surface area contributed by atoms with Gasteiger partial charge in [0.05, 0.1) is 6.07 Å². The second-order valence-corrected chi connectivity index (χ2v) is 3.26. The van der Waals surface area contributed by atoms with Gasteiger partial charge in [-0.05, 0) is 43.0 Å². The van der Waals surface area contributed by atoms with Gasteiger partial charge in [-0.2, -0.15) is 5.26 Å². The maximum absolute atomic E-state index is 8.50. The summed E-state index contributed by atoms with van der Waals surface area (Å²) in [6, 6.07) is 8.28. The highest BCUT2D eigenvalue weighted by molar-refractivity contribution is 5.66. The van der Waals surface area contributed by atoms with Crippen LogP contribution >= 0.6 is 0 Å². The summed E-state index contributed by atoms with van der Waals surface area (Å²) >= 11 is 0. The van der Waals surface area contributed by atoms with E-state index >= 15 is 0 Å². The molecule has 0 aliphatic heterocycles. The molecule has 1 nitrogen and oxygen atoms in total. The average molecular weight is 171 g/mol. The number of rotatable bonds is 1. The summed E-state index contributed by atoms with van der Waals surface area (Å²) < 4.78 is 0. The quantitative estimate of drug-likeness (QED) is 0.595. The second kappa shape index (κ2) is 3.91. The normalized spacial score (nSPS) is 11.1. The summed E-state index contributed by atoms with van der Waals surface area (Å²) in [6.45, 7) is 6.12. The van der Waals surface area contributed by atoms with Crippen LogP contribution in [-0.2, 0) is 0 Å². The van der Waals surface area contributed by atoms with Gasteiger partial charge in [-0.1, -0.05) is 18.2 Å². The maximum Gasteiger partial charge on any atom is 0.0915 e. The zero-order chi connectivity index (χ0) is 9.84. The molecule has 0 heterocycles. The van der Waals surface area contributed by atoms with Crippen LogP contribution in [0.2, 0.25) is 0 Å². The fraction of sp³-hybridized carbons (Fsp3) is 0.250. The lowest BCUT2D eigenvalue weighted by molar-refractivity contribution is 1.33. The van der Waals surface area contributed by atoms with Crippen LogP contribution in [0.15, 0.2) is 24.3 Å². The number of hydrogen-bond acceptors (Lipinski definition) is 1. The number of aryl methyl sites for hydroxylation is 2. The van der Waals surface area contributed by atoms with Crippen LogP contribution in [0.3, 0.4) is 0 Å². The van der Waals surface area contributed by atoms with Crippen LogP contribution in [-0.4, -0.2) is 0 Å². The average Bonchev–Trinajstić information content (AvgIpc) is 2.10. The van der Waals surface area contributed by atoms with E-state index in [9.17, 15) is 0 Å². The van der Waals surface area contributed by atoms with Crippen molar-refractivity contribution < 1.29 is 0 Å². The van der Waals surface area contributed by atoms with Crippen molar-refractivity contribution in [3.8, 4) is 6.07 Å². The minimum Gasteiger partial charge on any atom is -0.193 e. The summed E-state index contributed by atoms with van der Waals surface area (Å²) in [7, 11) is 0. The maximum atomic E-state index is 8.50. The van der Waals surface area contributed by atoms with Crippen LogP contribution in [0.1, 0.15) is 23.6 Å². The zero-order valence-electron chi connectivity index (χ0n) is 8.26. The van der Waals surface area contributed by atoms with Crippen LogP contribution < -0.4 is 0 Å². The molecule has 1 aromatic rings. The summed E-state index contributed by atoms with van der Waals surface area (Å²) in [5.74, 6) is 0. The predicted molar refractivity (Wildman–Crippen MR) is 55.2 cm³/mol. The Balaban J connectivity index is 3.13. The van der Waals surface area contributed by atoms with E-state index < -0.39 is 0 Å². The minimum absolute atomic E-state index is 1.02. The van der Waals surface area contributed by atoms with Crippen molar-refractivity contribution in [3.05, 3.63) is 41.0 Å². The summed E-state index contributed by atoms with van der Waals surface area (Å²) in [6.07, 6.45) is 1.57. The van der Waals surface area contributed by atoms with E-state index in [0.717, 1.165) is 11.1 Å². The van der Waals surface area contributed by atoms with Crippen molar-refractivity contribution in [2.24, 2.45) is 0 Å². The van der Waals surface area contributed by atoms with E-state index in [2.05, 4.69) is 26.0 Å². The molecular weight excluding hydrogens is 158 g/mol. The Bertz CT molecular complexity index is 381. The largest absolute Gasteiger partial charge is 0.193 e. The van der Waals surface area contributed by atoms with Gasteiger partial charge in [0, 0.05) is 6.08 Å². The Morgan fingerprint density at radius 2 is 2.00 bits per heavy atom. The predicted octanol–water partition coefficient (Wildman–Crippen LogP) is 3.23. The van der Waals surface area contributed by atoms with Crippen LogP contribution in [0.5, 0.6) is 0 Å². The van der Waals surface area contributed by atoms with Gasteiger partial charge in [0.1, 0.15) is 0 Å². The molecule has 1 rings (SSSR count). The first-order valence-corrected chi connectivity index (χ1v) is 4.29. The van der Waals surface area contributed by atoms with Crippen molar-refractivity contribution in [2.45, 2.75) is 20.8 Å². The van der Waals surface area contributed by atoms with Crippen molar-refractivity contribution in [1.82, 2.24) is 0 Å². The summed E-state index contributed by atoms with van der Waals surface area (Å²) in [5.41, 5.74) is 4.70. The Kier molecular flexibility index (Phi) is 2.87. The molecule has 0 saturated heterocycles. The van der Waals surface area contributed by atoms with Gasteiger partial charge in [0.2, 0.25) is 0 Å². The molecule has 0 spiro atoms. The highest BCUT2D eigenvalue weighted by atomic mass is 14.2. The molecule has 66 valence electrons. The fourth-order valence-electron chi connectivity index (χ4n) is 1.17. The van der Waals surface area contributed by atoms with Crippen molar-refractivity contribution in [1.29, 1.82) is 5.26 Å². The molecule has 1 aromatic carbocycles. The Hall–Kier alpha value is -1.55. The topological polar surface area (TPSA) is 23.8 Å². The van der Waals surface area contributed by atoms with Crippen LogP contribution in [0.4, 0.5) is 0 Å². The molecule has 0 N–H and O–H groups in total. The molecule has 13 heavy (non-hydrogen) atoms. The van der Waals surface area contributed by atoms with Crippen molar-refractivity contribution >= 4 is 5.57 Å². The first kappa shape index (κ1) is 9.54. The molecule has 0 aliphatic carbocycles. The number of nitriles is 1. The lowest BCUT2D eigenvalue weighted by Crippen LogP contribution is -1.84. The Labute approximate surface area is 79.3 Å². The number of allylic oxidation sites excluding steroid dienone is 2. The zero-order valence-corrected chi connectivity index (χ0v) is 8.26. The third kappa shape index (κ3) is 2.19. The third-order valence-corrected chi connectivity index (χ3v) is 2.24. The first-order valence-electron chi connectivity index (χ1n) is 4.29. The molecule has 0 fully saturated rings. The molecule has 0 saturated carbocycles. The summed E-state index contributed by atoms with van der Waals surface area (Å²) in [5, 5.41) is 8.50. The van der Waals surface area contributed by atoms with Crippen LogP contribution in [0.25, 0.3) is 5.57 Å². The van der Waals surface area contributed by atoms with E-state index in [1.54, 1.807) is 6.08 Å². The van der Waals surface area contributed by atoms with Gasteiger partial charge in [-0.15, -0.1) is 0 Å². The molecule has 0 radical (unpaired) electrons. The van der Waals surface area contributed by atoms with Crippen molar-refractivity contribution in [2.75, 3.05) is 0 Å². The lowest BCUT2D eigenvalue weighted by Gasteiger charge is -2.04. The van der Waals surface area contributed by atoms with Crippen molar-refractivity contribution in [3.63, 3.8) is 0 Å². The standard InChI is InChI=1S/C12H13N/c1-9-4-5-12(8-11(9)3)10(2)6-7-13/h4-6,8H,1-3H3/b10-6+.